The van der Waals surface area contributed by atoms with Crippen LogP contribution in [0.3, 0.4) is 0 Å². The van der Waals surface area contributed by atoms with Crippen LogP contribution in [0.15, 0.2) is 11.6 Å². The van der Waals surface area contributed by atoms with Gasteiger partial charge in [-0.1, -0.05) is 19.4 Å². The Morgan fingerprint density at radius 2 is 1.96 bits per heavy atom. The number of aliphatic hydroxyl groups excluding tert-OH is 3. The van der Waals surface area contributed by atoms with Crippen LogP contribution in [-0.2, 0) is 4.79 Å². The zero-order valence-corrected chi connectivity index (χ0v) is 15.8. The van der Waals surface area contributed by atoms with E-state index in [4.69, 9.17) is 0 Å². The maximum atomic E-state index is 11.9. The van der Waals surface area contributed by atoms with Crippen LogP contribution in [0.25, 0.3) is 0 Å². The topological polar surface area (TPSA) is 98.0 Å². The first-order chi connectivity index (χ1) is 12.2. The Morgan fingerprint density at radius 1 is 1.23 bits per heavy atom. The van der Waals surface area contributed by atoms with Crippen LogP contribution in [0.4, 0.5) is 0 Å². The van der Waals surface area contributed by atoms with Crippen molar-refractivity contribution < 1.29 is 25.2 Å². The number of allylic oxidation sites excluding steroid dienone is 1. The van der Waals surface area contributed by atoms with E-state index in [1.54, 1.807) is 0 Å². The van der Waals surface area contributed by atoms with Crippen LogP contribution in [0.5, 0.6) is 0 Å². The van der Waals surface area contributed by atoms with Gasteiger partial charge in [0.15, 0.2) is 5.78 Å². The number of rotatable bonds is 2. The Morgan fingerprint density at radius 3 is 2.65 bits per heavy atom. The SMILES string of the molecule is C[C@]12CCC(=O)C=C1CC[C@@H]1[C@@H]2[C@@H](O)C[C@@]2(C)[C@H]1CC[C@]2(O)[C@H](O)CO. The second kappa shape index (κ2) is 5.87. The maximum Gasteiger partial charge on any atom is 0.155 e. The highest BCUT2D eigenvalue weighted by atomic mass is 16.4. The molecule has 4 rings (SSSR count). The first-order valence-electron chi connectivity index (χ1n) is 10.1. The summed E-state index contributed by atoms with van der Waals surface area (Å²) in [7, 11) is 0. The molecule has 0 aliphatic heterocycles. The Bertz CT molecular complexity index is 644. The van der Waals surface area contributed by atoms with Crippen LogP contribution in [0, 0.1) is 28.6 Å². The van der Waals surface area contributed by atoms with E-state index in [0.29, 0.717) is 19.3 Å². The molecule has 4 aliphatic rings. The van der Waals surface area contributed by atoms with Crippen LogP contribution in [0.2, 0.25) is 0 Å². The largest absolute Gasteiger partial charge is 0.394 e. The van der Waals surface area contributed by atoms with Crippen molar-refractivity contribution in [3.8, 4) is 0 Å². The van der Waals surface area contributed by atoms with Crippen molar-refractivity contribution in [2.75, 3.05) is 6.61 Å². The summed E-state index contributed by atoms with van der Waals surface area (Å²) in [6.07, 6.45) is 4.92. The fourth-order valence-electron chi connectivity index (χ4n) is 7.42. The predicted octanol–water partition coefficient (Wildman–Crippen LogP) is 1.57. The van der Waals surface area contributed by atoms with Gasteiger partial charge in [0.05, 0.1) is 18.3 Å². The number of aliphatic hydroxyl groups is 4. The van der Waals surface area contributed by atoms with E-state index < -0.39 is 29.8 Å². The van der Waals surface area contributed by atoms with Crippen LogP contribution in [0.1, 0.15) is 58.8 Å². The van der Waals surface area contributed by atoms with Crippen molar-refractivity contribution in [3.05, 3.63) is 11.6 Å². The molecule has 0 aromatic rings. The molecule has 8 atom stereocenters. The molecule has 0 heterocycles. The first kappa shape index (κ1) is 18.6. The molecule has 4 N–H and O–H groups in total. The third-order valence-corrected chi connectivity index (χ3v) is 8.84. The van der Waals surface area contributed by atoms with E-state index in [-0.39, 0.29) is 29.0 Å². The van der Waals surface area contributed by atoms with E-state index in [1.807, 2.05) is 13.0 Å². The fourth-order valence-corrected chi connectivity index (χ4v) is 7.42. The number of fused-ring (bicyclic) bond motifs is 5. The van der Waals surface area contributed by atoms with Gasteiger partial charge in [-0.05, 0) is 67.8 Å². The highest BCUT2D eigenvalue weighted by Crippen LogP contribution is 2.67. The number of carbonyl (C=O) groups excluding carboxylic acids is 1. The quantitative estimate of drug-likeness (QED) is 0.596. The summed E-state index contributed by atoms with van der Waals surface area (Å²) in [6, 6.07) is 0. The molecular weight excluding hydrogens is 332 g/mol. The average molecular weight is 364 g/mol. The minimum Gasteiger partial charge on any atom is -0.394 e. The molecule has 0 unspecified atom stereocenters. The summed E-state index contributed by atoms with van der Waals surface area (Å²) in [5.41, 5.74) is -0.898. The number of carbonyl (C=O) groups is 1. The molecule has 0 aromatic heterocycles. The molecule has 0 radical (unpaired) electrons. The summed E-state index contributed by atoms with van der Waals surface area (Å²) >= 11 is 0. The van der Waals surface area contributed by atoms with E-state index in [2.05, 4.69) is 6.92 Å². The van der Waals surface area contributed by atoms with E-state index in [0.717, 1.165) is 25.7 Å². The molecular formula is C21H32O5. The maximum absolute atomic E-state index is 11.9. The van der Waals surface area contributed by atoms with Gasteiger partial charge in [0.2, 0.25) is 0 Å². The van der Waals surface area contributed by atoms with Gasteiger partial charge in [-0.2, -0.15) is 0 Å². The highest BCUT2D eigenvalue weighted by molar-refractivity contribution is 5.91. The van der Waals surface area contributed by atoms with Gasteiger partial charge in [-0.25, -0.2) is 0 Å². The van der Waals surface area contributed by atoms with Crippen molar-refractivity contribution in [2.24, 2.45) is 28.6 Å². The van der Waals surface area contributed by atoms with Gasteiger partial charge in [-0.3, -0.25) is 4.79 Å². The second-order valence-corrected chi connectivity index (χ2v) is 9.74. The smallest absolute Gasteiger partial charge is 0.155 e. The molecule has 4 aliphatic carbocycles. The summed E-state index contributed by atoms with van der Waals surface area (Å²) in [5.74, 6) is 0.798. The second-order valence-electron chi connectivity index (χ2n) is 9.74. The zero-order valence-electron chi connectivity index (χ0n) is 15.8. The summed E-state index contributed by atoms with van der Waals surface area (Å²) in [5, 5.41) is 42.3. The number of ketones is 1. The zero-order chi connectivity index (χ0) is 18.9. The lowest BCUT2D eigenvalue weighted by atomic mass is 9.45. The highest BCUT2D eigenvalue weighted by Gasteiger charge is 2.67. The first-order valence-corrected chi connectivity index (χ1v) is 10.1. The van der Waals surface area contributed by atoms with Crippen molar-refractivity contribution in [3.63, 3.8) is 0 Å². The molecule has 0 amide bonds. The standard InChI is InChI=1S/C21H32O5/c1-19-7-5-13(23)9-12(19)3-4-14-15-6-8-21(26,17(25)11-22)20(15,2)10-16(24)18(14)19/h9,14-18,22,24-26H,3-8,10-11H2,1-2H3/t14-,15-,16-,17+,18+,19-,20-,21-/m0/s1. The summed E-state index contributed by atoms with van der Waals surface area (Å²) < 4.78 is 0. The molecule has 26 heavy (non-hydrogen) atoms. The molecule has 5 heteroatoms. The Balaban J connectivity index is 1.72. The number of hydrogen-bond acceptors (Lipinski definition) is 5. The molecule has 3 fully saturated rings. The molecule has 3 saturated carbocycles. The minimum absolute atomic E-state index is 0.0993. The Kier molecular flexibility index (Phi) is 4.20. The lowest BCUT2D eigenvalue weighted by Crippen LogP contribution is -2.63. The average Bonchev–Trinajstić information content (AvgIpc) is 2.86. The lowest BCUT2D eigenvalue weighted by molar-refractivity contribution is -0.207. The molecule has 0 saturated heterocycles. The Hall–Kier alpha value is -0.750. The molecule has 0 aromatic carbocycles. The fraction of sp³-hybridized carbons (Fsp3) is 0.857. The molecule has 0 spiro atoms. The lowest BCUT2D eigenvalue weighted by Gasteiger charge is -2.61. The van der Waals surface area contributed by atoms with Crippen LogP contribution in [-0.4, -0.2) is 50.6 Å². The van der Waals surface area contributed by atoms with Crippen molar-refractivity contribution in [1.82, 2.24) is 0 Å². The third kappa shape index (κ3) is 2.20. The molecule has 146 valence electrons. The summed E-state index contributed by atoms with van der Waals surface area (Å²) in [4.78, 5) is 11.9. The van der Waals surface area contributed by atoms with Crippen LogP contribution >= 0.6 is 0 Å². The number of hydrogen-bond donors (Lipinski definition) is 4. The van der Waals surface area contributed by atoms with Crippen molar-refractivity contribution >= 4 is 5.78 Å². The van der Waals surface area contributed by atoms with Gasteiger partial charge in [0.25, 0.3) is 0 Å². The van der Waals surface area contributed by atoms with Gasteiger partial charge in [0.1, 0.15) is 6.10 Å². The predicted molar refractivity (Wildman–Crippen MR) is 96.1 cm³/mol. The van der Waals surface area contributed by atoms with Crippen LogP contribution < -0.4 is 0 Å². The molecule has 5 nitrogen and oxygen atoms in total. The van der Waals surface area contributed by atoms with E-state index in [9.17, 15) is 25.2 Å². The van der Waals surface area contributed by atoms with Gasteiger partial charge in [0, 0.05) is 11.8 Å². The van der Waals surface area contributed by atoms with Gasteiger partial charge >= 0.3 is 0 Å². The van der Waals surface area contributed by atoms with Crippen molar-refractivity contribution in [1.29, 1.82) is 0 Å². The van der Waals surface area contributed by atoms with E-state index >= 15 is 0 Å². The third-order valence-electron chi connectivity index (χ3n) is 8.84. The summed E-state index contributed by atoms with van der Waals surface area (Å²) in [6.45, 7) is 3.73. The Labute approximate surface area is 155 Å². The van der Waals surface area contributed by atoms with Gasteiger partial charge in [-0.15, -0.1) is 0 Å². The van der Waals surface area contributed by atoms with Gasteiger partial charge < -0.3 is 20.4 Å². The normalized spacial score (nSPS) is 51.9. The molecule has 0 bridgehead atoms. The van der Waals surface area contributed by atoms with Crippen molar-refractivity contribution in [2.45, 2.75) is 76.6 Å². The monoisotopic (exact) mass is 364 g/mol. The van der Waals surface area contributed by atoms with E-state index in [1.165, 1.54) is 5.57 Å². The minimum atomic E-state index is -1.35.